The van der Waals surface area contributed by atoms with Crippen LogP contribution in [0, 0.1) is 0 Å². The minimum absolute atomic E-state index is 0.183. The molecule has 25 heavy (non-hydrogen) atoms. The Morgan fingerprint density at radius 3 is 2.68 bits per heavy atom. The summed E-state index contributed by atoms with van der Waals surface area (Å²) in [6, 6.07) is 6.94. The largest absolute Gasteiger partial charge is 0.493 e. The number of hydrogen-bond acceptors (Lipinski definition) is 6. The van der Waals surface area contributed by atoms with Gasteiger partial charge in [-0.2, -0.15) is 0 Å². The summed E-state index contributed by atoms with van der Waals surface area (Å²) in [6.07, 6.45) is 3.26. The summed E-state index contributed by atoms with van der Waals surface area (Å²) >= 11 is 12.8. The van der Waals surface area contributed by atoms with Crippen LogP contribution in [0.3, 0.4) is 0 Å². The van der Waals surface area contributed by atoms with E-state index in [1.54, 1.807) is 43.7 Å². The van der Waals surface area contributed by atoms with Crippen LogP contribution < -0.4 is 9.47 Å². The van der Waals surface area contributed by atoms with Gasteiger partial charge in [0.25, 0.3) is 5.91 Å². The Labute approximate surface area is 159 Å². The van der Waals surface area contributed by atoms with Crippen molar-refractivity contribution in [2.45, 2.75) is 6.54 Å². The number of carbonyl (C=O) groups is 1. The van der Waals surface area contributed by atoms with E-state index in [-0.39, 0.29) is 5.91 Å². The van der Waals surface area contributed by atoms with Gasteiger partial charge < -0.3 is 13.9 Å². The monoisotopic (exact) mass is 395 g/mol. The highest BCUT2D eigenvalue weighted by Gasteiger charge is 2.32. The molecule has 1 amide bonds. The van der Waals surface area contributed by atoms with E-state index in [0.29, 0.717) is 43.6 Å². The van der Waals surface area contributed by atoms with Crippen molar-refractivity contribution in [2.75, 3.05) is 14.2 Å². The molecule has 0 N–H and O–H groups in total. The van der Waals surface area contributed by atoms with Gasteiger partial charge in [-0.25, -0.2) is 0 Å². The molecule has 2 aromatic rings. The van der Waals surface area contributed by atoms with E-state index in [2.05, 4.69) is 0 Å². The highest BCUT2D eigenvalue weighted by Crippen LogP contribution is 2.38. The Balaban J connectivity index is 1.89. The fraction of sp³-hybridized carbons (Fsp3) is 0.176. The van der Waals surface area contributed by atoms with Crippen LogP contribution >= 0.6 is 35.6 Å². The molecule has 1 aromatic carbocycles. The molecule has 0 radical (unpaired) electrons. The first-order chi connectivity index (χ1) is 12.0. The van der Waals surface area contributed by atoms with Crippen LogP contribution in [0.25, 0.3) is 6.08 Å². The molecule has 1 fully saturated rings. The number of carbonyl (C=O) groups excluding carboxylic acids is 1. The van der Waals surface area contributed by atoms with Gasteiger partial charge in [0, 0.05) is 6.07 Å². The third-order valence-corrected chi connectivity index (χ3v) is 5.26. The zero-order valence-corrected chi connectivity index (χ0v) is 15.8. The van der Waals surface area contributed by atoms with E-state index in [1.807, 2.05) is 0 Å². The second-order valence-corrected chi connectivity index (χ2v) is 7.16. The molecule has 0 aliphatic carbocycles. The number of benzene rings is 1. The Hall–Kier alpha value is -1.96. The highest BCUT2D eigenvalue weighted by atomic mass is 35.5. The molecule has 1 aromatic heterocycles. The second-order valence-electron chi connectivity index (χ2n) is 5.08. The second kappa shape index (κ2) is 7.51. The molecular weight excluding hydrogens is 382 g/mol. The minimum atomic E-state index is -0.183. The number of amides is 1. The van der Waals surface area contributed by atoms with Gasteiger partial charge in [0.1, 0.15) is 10.1 Å². The maximum Gasteiger partial charge on any atom is 0.266 e. The molecule has 0 bridgehead atoms. The molecule has 130 valence electrons. The van der Waals surface area contributed by atoms with Gasteiger partial charge in [-0.05, 0) is 29.8 Å². The number of thiocarbonyl (C=S) groups is 1. The molecule has 0 saturated carbocycles. The molecule has 8 heteroatoms. The van der Waals surface area contributed by atoms with Crippen molar-refractivity contribution < 1.29 is 18.7 Å². The fourth-order valence-corrected chi connectivity index (χ4v) is 3.77. The Bertz CT molecular complexity index is 849. The van der Waals surface area contributed by atoms with Crippen molar-refractivity contribution in [1.29, 1.82) is 0 Å². The van der Waals surface area contributed by atoms with Gasteiger partial charge in [-0.3, -0.25) is 9.69 Å². The molecule has 0 spiro atoms. The third kappa shape index (κ3) is 3.68. The minimum Gasteiger partial charge on any atom is -0.493 e. The Morgan fingerprint density at radius 1 is 1.32 bits per heavy atom. The van der Waals surface area contributed by atoms with Crippen molar-refractivity contribution in [3.05, 3.63) is 51.8 Å². The maximum atomic E-state index is 12.6. The number of rotatable bonds is 5. The van der Waals surface area contributed by atoms with Crippen LogP contribution in [0.1, 0.15) is 11.3 Å². The summed E-state index contributed by atoms with van der Waals surface area (Å²) in [4.78, 5) is 14.6. The number of ether oxygens (including phenoxy) is 2. The zero-order valence-electron chi connectivity index (χ0n) is 13.4. The van der Waals surface area contributed by atoms with Gasteiger partial charge in [-0.1, -0.05) is 35.6 Å². The summed E-state index contributed by atoms with van der Waals surface area (Å²) < 4.78 is 16.3. The molecular formula is C17H14ClNO4S2. The molecule has 1 aliphatic rings. The Kier molecular flexibility index (Phi) is 5.36. The number of furan rings is 1. The van der Waals surface area contributed by atoms with E-state index in [0.717, 1.165) is 0 Å². The lowest BCUT2D eigenvalue weighted by molar-refractivity contribution is -0.122. The molecule has 2 heterocycles. The van der Waals surface area contributed by atoms with Crippen LogP contribution in [0.5, 0.6) is 11.5 Å². The van der Waals surface area contributed by atoms with Gasteiger partial charge in [0.15, 0.2) is 11.5 Å². The zero-order chi connectivity index (χ0) is 18.0. The first-order valence-electron chi connectivity index (χ1n) is 7.22. The van der Waals surface area contributed by atoms with Crippen LogP contribution in [-0.4, -0.2) is 29.3 Å². The number of thioether (sulfide) groups is 1. The predicted molar refractivity (Wildman–Crippen MR) is 102 cm³/mol. The van der Waals surface area contributed by atoms with Crippen molar-refractivity contribution in [1.82, 2.24) is 4.90 Å². The van der Waals surface area contributed by atoms with Crippen molar-refractivity contribution in [3.63, 3.8) is 0 Å². The number of methoxy groups -OCH3 is 2. The lowest BCUT2D eigenvalue weighted by Crippen LogP contribution is -2.27. The summed E-state index contributed by atoms with van der Waals surface area (Å²) in [6.45, 7) is 0.300. The SMILES string of the molecule is COc1cc(Cl)c(C=C2SC(=S)N(Cc3ccco3)C2=O)cc1OC. The predicted octanol–water partition coefficient (Wildman–Crippen LogP) is 4.35. The van der Waals surface area contributed by atoms with Crippen LogP contribution in [-0.2, 0) is 11.3 Å². The summed E-state index contributed by atoms with van der Waals surface area (Å²) in [5, 5.41) is 0.453. The smallest absolute Gasteiger partial charge is 0.266 e. The Morgan fingerprint density at radius 2 is 2.04 bits per heavy atom. The number of hydrogen-bond donors (Lipinski definition) is 0. The summed E-state index contributed by atoms with van der Waals surface area (Å²) in [5.74, 6) is 1.54. The van der Waals surface area contributed by atoms with Gasteiger partial charge >= 0.3 is 0 Å². The summed E-state index contributed by atoms with van der Waals surface area (Å²) in [7, 11) is 3.08. The van der Waals surface area contributed by atoms with Gasteiger partial charge in [-0.15, -0.1) is 0 Å². The average molecular weight is 396 g/mol. The first-order valence-corrected chi connectivity index (χ1v) is 8.83. The maximum absolute atomic E-state index is 12.6. The standard InChI is InChI=1S/C17H14ClNO4S2/c1-21-13-6-10(12(18)8-14(13)22-2)7-15-16(20)19(17(24)25-15)9-11-4-3-5-23-11/h3-8H,9H2,1-2H3. The van der Waals surface area contributed by atoms with Crippen molar-refractivity contribution in [3.8, 4) is 11.5 Å². The third-order valence-electron chi connectivity index (χ3n) is 3.56. The van der Waals surface area contributed by atoms with Crippen LogP contribution in [0.4, 0.5) is 0 Å². The van der Waals surface area contributed by atoms with Gasteiger partial charge in [0.05, 0.1) is 37.0 Å². The lowest BCUT2D eigenvalue weighted by atomic mass is 10.1. The topological polar surface area (TPSA) is 51.9 Å². The quantitative estimate of drug-likeness (QED) is 0.554. The van der Waals surface area contributed by atoms with Crippen LogP contribution in [0.15, 0.2) is 39.9 Å². The molecule has 0 atom stereocenters. The molecule has 1 aliphatic heterocycles. The lowest BCUT2D eigenvalue weighted by Gasteiger charge is -2.12. The van der Waals surface area contributed by atoms with Crippen LogP contribution in [0.2, 0.25) is 5.02 Å². The highest BCUT2D eigenvalue weighted by molar-refractivity contribution is 8.26. The van der Waals surface area contributed by atoms with Crippen molar-refractivity contribution >= 4 is 51.9 Å². The van der Waals surface area contributed by atoms with E-state index >= 15 is 0 Å². The van der Waals surface area contributed by atoms with E-state index < -0.39 is 0 Å². The van der Waals surface area contributed by atoms with Gasteiger partial charge in [0.2, 0.25) is 0 Å². The van der Waals surface area contributed by atoms with E-state index in [1.165, 1.54) is 23.8 Å². The molecule has 3 rings (SSSR count). The number of nitrogens with zero attached hydrogens (tertiary/aromatic N) is 1. The number of halogens is 1. The first kappa shape index (κ1) is 17.8. The molecule has 1 saturated heterocycles. The average Bonchev–Trinajstić information content (AvgIpc) is 3.20. The molecule has 5 nitrogen and oxygen atoms in total. The molecule has 0 unspecified atom stereocenters. The van der Waals surface area contributed by atoms with Crippen molar-refractivity contribution in [2.24, 2.45) is 0 Å². The normalized spacial score (nSPS) is 16.0. The van der Waals surface area contributed by atoms with E-state index in [4.69, 9.17) is 37.7 Å². The summed E-state index contributed by atoms with van der Waals surface area (Å²) in [5.41, 5.74) is 0.651. The fourth-order valence-electron chi connectivity index (χ4n) is 2.32. The van der Waals surface area contributed by atoms with E-state index in [9.17, 15) is 4.79 Å².